The van der Waals surface area contributed by atoms with Gasteiger partial charge in [-0.2, -0.15) is 0 Å². The van der Waals surface area contributed by atoms with Crippen molar-refractivity contribution in [3.05, 3.63) is 48.4 Å². The van der Waals surface area contributed by atoms with Crippen LogP contribution < -0.4 is 9.80 Å². The predicted octanol–water partition coefficient (Wildman–Crippen LogP) is 1.97. The highest BCUT2D eigenvalue weighted by Gasteiger charge is 2.34. The van der Waals surface area contributed by atoms with Gasteiger partial charge in [0.15, 0.2) is 0 Å². The van der Waals surface area contributed by atoms with Crippen molar-refractivity contribution in [2.24, 2.45) is 0 Å². The first kappa shape index (κ1) is 24.5. The number of rotatable bonds is 6. The number of esters is 1. The largest absolute Gasteiger partial charge is 0.467 e. The lowest BCUT2D eigenvalue weighted by molar-refractivity contribution is -0.150. The SMILES string of the molecule is COC(=O)[C@@H]1CCCN1C(=O)Cc1ccc(N2CCC(N3CCN(c4cnccn4)CC3)CC2)cc1. The maximum Gasteiger partial charge on any atom is 0.328 e. The maximum atomic E-state index is 12.8. The monoisotopic (exact) mass is 492 g/mol. The Kier molecular flexibility index (Phi) is 7.65. The minimum absolute atomic E-state index is 0.00382. The fourth-order valence-corrected chi connectivity index (χ4v) is 5.81. The molecule has 1 amide bonds. The van der Waals surface area contributed by atoms with Crippen LogP contribution in [0.3, 0.4) is 0 Å². The van der Waals surface area contributed by atoms with Crippen LogP contribution in [-0.2, 0) is 20.7 Å². The number of hydrogen-bond acceptors (Lipinski definition) is 8. The zero-order valence-electron chi connectivity index (χ0n) is 21.1. The van der Waals surface area contributed by atoms with Gasteiger partial charge in [-0.25, -0.2) is 9.78 Å². The molecule has 36 heavy (non-hydrogen) atoms. The summed E-state index contributed by atoms with van der Waals surface area (Å²) in [6, 6.07) is 8.56. The third-order valence-electron chi connectivity index (χ3n) is 7.87. The summed E-state index contributed by atoms with van der Waals surface area (Å²) in [5.74, 6) is 0.656. The van der Waals surface area contributed by atoms with Gasteiger partial charge in [-0.05, 0) is 43.4 Å². The minimum Gasteiger partial charge on any atom is -0.467 e. The van der Waals surface area contributed by atoms with Gasteiger partial charge in [-0.3, -0.25) is 14.7 Å². The number of ether oxygens (including phenoxy) is 1. The minimum atomic E-state index is -0.432. The molecule has 0 saturated carbocycles. The molecule has 0 N–H and O–H groups in total. The third kappa shape index (κ3) is 5.46. The molecule has 9 heteroatoms. The van der Waals surface area contributed by atoms with Crippen LogP contribution in [0.1, 0.15) is 31.2 Å². The number of anilines is 2. The van der Waals surface area contributed by atoms with Crippen LogP contribution in [0.15, 0.2) is 42.9 Å². The van der Waals surface area contributed by atoms with E-state index in [1.807, 2.05) is 18.3 Å². The standard InChI is InChI=1S/C27H36N6O3/c1-36-27(35)24-3-2-12-33(24)26(34)19-21-4-6-22(7-5-21)30-13-8-23(9-14-30)31-15-17-32(18-16-31)25-20-28-10-11-29-25/h4-7,10-11,20,23-24H,2-3,8-9,12-19H2,1H3/t24-/m0/s1. The molecule has 0 unspecified atom stereocenters. The number of piperidine rings is 1. The summed E-state index contributed by atoms with van der Waals surface area (Å²) in [6.45, 7) is 6.84. The molecule has 5 rings (SSSR count). The number of methoxy groups -OCH3 is 1. The van der Waals surface area contributed by atoms with E-state index in [2.05, 4.69) is 36.8 Å². The number of nitrogens with zero attached hydrogens (tertiary/aromatic N) is 6. The molecule has 4 heterocycles. The second kappa shape index (κ2) is 11.2. The average Bonchev–Trinajstić information content (AvgIpc) is 3.44. The highest BCUT2D eigenvalue weighted by atomic mass is 16.5. The predicted molar refractivity (Wildman–Crippen MR) is 138 cm³/mol. The zero-order chi connectivity index (χ0) is 24.9. The summed E-state index contributed by atoms with van der Waals surface area (Å²) in [7, 11) is 1.38. The van der Waals surface area contributed by atoms with E-state index in [1.165, 1.54) is 12.8 Å². The van der Waals surface area contributed by atoms with Crippen LogP contribution in [0.25, 0.3) is 0 Å². The van der Waals surface area contributed by atoms with Crippen LogP contribution in [0.5, 0.6) is 0 Å². The van der Waals surface area contributed by atoms with Gasteiger partial charge in [0.2, 0.25) is 5.91 Å². The summed E-state index contributed by atoms with van der Waals surface area (Å²) in [5.41, 5.74) is 2.20. The van der Waals surface area contributed by atoms with Crippen LogP contribution >= 0.6 is 0 Å². The van der Waals surface area contributed by atoms with Crippen LogP contribution in [0.4, 0.5) is 11.5 Å². The molecule has 1 atom stereocenters. The van der Waals surface area contributed by atoms with Gasteiger partial charge in [-0.15, -0.1) is 0 Å². The van der Waals surface area contributed by atoms with Crippen molar-refractivity contribution >= 4 is 23.4 Å². The molecule has 9 nitrogen and oxygen atoms in total. The Labute approximate surface area is 213 Å². The molecule has 2 aromatic rings. The topological polar surface area (TPSA) is 82.1 Å². The Hall–Kier alpha value is -3.20. The molecule has 0 aliphatic carbocycles. The van der Waals surface area contributed by atoms with Crippen molar-refractivity contribution in [1.29, 1.82) is 0 Å². The summed E-state index contributed by atoms with van der Waals surface area (Å²) < 4.78 is 4.87. The van der Waals surface area contributed by atoms with Gasteiger partial charge in [0, 0.05) is 69.9 Å². The Morgan fingerprint density at radius 2 is 1.67 bits per heavy atom. The van der Waals surface area contributed by atoms with Crippen molar-refractivity contribution in [2.45, 2.75) is 44.2 Å². The van der Waals surface area contributed by atoms with E-state index >= 15 is 0 Å². The van der Waals surface area contributed by atoms with E-state index in [-0.39, 0.29) is 11.9 Å². The maximum absolute atomic E-state index is 12.8. The lowest BCUT2D eigenvalue weighted by atomic mass is 10.0. The number of aromatic nitrogens is 2. The molecule has 3 saturated heterocycles. The molecule has 1 aromatic heterocycles. The van der Waals surface area contributed by atoms with Crippen LogP contribution in [0.2, 0.25) is 0 Å². The Bertz CT molecular complexity index is 1020. The second-order valence-electron chi connectivity index (χ2n) is 9.92. The first-order valence-electron chi connectivity index (χ1n) is 13.1. The van der Waals surface area contributed by atoms with E-state index in [4.69, 9.17) is 4.74 Å². The van der Waals surface area contributed by atoms with Gasteiger partial charge in [-0.1, -0.05) is 12.1 Å². The summed E-state index contributed by atoms with van der Waals surface area (Å²) in [4.78, 5) is 42.5. The Morgan fingerprint density at radius 1 is 0.917 bits per heavy atom. The van der Waals surface area contributed by atoms with Gasteiger partial charge in [0.1, 0.15) is 11.9 Å². The van der Waals surface area contributed by atoms with Gasteiger partial charge in [0.05, 0.1) is 19.7 Å². The van der Waals surface area contributed by atoms with Crippen molar-refractivity contribution in [3.8, 4) is 0 Å². The van der Waals surface area contributed by atoms with Gasteiger partial charge in [0.25, 0.3) is 0 Å². The first-order chi connectivity index (χ1) is 17.6. The summed E-state index contributed by atoms with van der Waals surface area (Å²) in [5, 5.41) is 0. The zero-order valence-corrected chi connectivity index (χ0v) is 21.1. The molecule has 192 valence electrons. The third-order valence-corrected chi connectivity index (χ3v) is 7.87. The van der Waals surface area contributed by atoms with Crippen molar-refractivity contribution in [1.82, 2.24) is 19.8 Å². The van der Waals surface area contributed by atoms with E-state index < -0.39 is 6.04 Å². The summed E-state index contributed by atoms with van der Waals surface area (Å²) >= 11 is 0. The first-order valence-corrected chi connectivity index (χ1v) is 13.1. The molecule has 1 aromatic carbocycles. The highest BCUT2D eigenvalue weighted by Crippen LogP contribution is 2.25. The molecule has 0 radical (unpaired) electrons. The smallest absolute Gasteiger partial charge is 0.328 e. The number of benzene rings is 1. The highest BCUT2D eigenvalue weighted by molar-refractivity contribution is 5.86. The van der Waals surface area contributed by atoms with E-state index in [0.717, 1.165) is 69.9 Å². The van der Waals surface area contributed by atoms with Crippen LogP contribution in [0, 0.1) is 0 Å². The number of hydrogen-bond donors (Lipinski definition) is 0. The van der Waals surface area contributed by atoms with Crippen molar-refractivity contribution in [2.75, 3.05) is 62.7 Å². The summed E-state index contributed by atoms with van der Waals surface area (Å²) in [6.07, 6.45) is 9.50. The molecule has 3 fully saturated rings. The lowest BCUT2D eigenvalue weighted by Crippen LogP contribution is -2.53. The second-order valence-corrected chi connectivity index (χ2v) is 9.92. The fraction of sp³-hybridized carbons (Fsp3) is 0.556. The fourth-order valence-electron chi connectivity index (χ4n) is 5.81. The van der Waals surface area contributed by atoms with Crippen molar-refractivity contribution in [3.63, 3.8) is 0 Å². The van der Waals surface area contributed by atoms with Gasteiger partial charge >= 0.3 is 5.97 Å². The Morgan fingerprint density at radius 3 is 2.33 bits per heavy atom. The van der Waals surface area contributed by atoms with Crippen molar-refractivity contribution < 1.29 is 14.3 Å². The number of piperazine rings is 1. The van der Waals surface area contributed by atoms with E-state index in [9.17, 15) is 9.59 Å². The molecule has 3 aliphatic rings. The van der Waals surface area contributed by atoms with E-state index in [0.29, 0.717) is 25.4 Å². The van der Waals surface area contributed by atoms with Gasteiger partial charge < -0.3 is 19.4 Å². The normalized spacial score (nSPS) is 21.6. The van der Waals surface area contributed by atoms with Crippen LogP contribution in [-0.4, -0.2) is 96.7 Å². The molecule has 0 bridgehead atoms. The Balaban J connectivity index is 1.09. The quantitative estimate of drug-likeness (QED) is 0.567. The van der Waals surface area contributed by atoms with E-state index in [1.54, 1.807) is 17.3 Å². The molecular formula is C27H36N6O3. The number of likely N-dealkylation sites (tertiary alicyclic amines) is 1. The number of carbonyl (C=O) groups excluding carboxylic acids is 2. The lowest BCUT2D eigenvalue weighted by Gasteiger charge is -2.43. The molecular weight excluding hydrogens is 456 g/mol. The average molecular weight is 493 g/mol. The number of carbonyl (C=O) groups is 2. The number of amides is 1. The molecule has 3 aliphatic heterocycles. The molecule has 0 spiro atoms.